The van der Waals surface area contributed by atoms with Gasteiger partial charge in [0.15, 0.2) is 0 Å². The first-order valence-corrected chi connectivity index (χ1v) is 5.84. The van der Waals surface area contributed by atoms with Crippen molar-refractivity contribution in [3.63, 3.8) is 0 Å². The van der Waals surface area contributed by atoms with Gasteiger partial charge < -0.3 is 19.5 Å². The van der Waals surface area contributed by atoms with E-state index in [1.165, 1.54) is 12.1 Å². The van der Waals surface area contributed by atoms with E-state index in [2.05, 4.69) is 0 Å². The lowest BCUT2D eigenvalue weighted by atomic mass is 9.79. The van der Waals surface area contributed by atoms with Crippen molar-refractivity contribution >= 4 is 12.6 Å². The summed E-state index contributed by atoms with van der Waals surface area (Å²) in [4.78, 5) is 0. The Balaban J connectivity index is 2.42. The standard InChI is InChI=1S/C12H18BFO4/c1-9(2)18-4-3-17-8-10-5-11(13(15)16)7-12(14)6-10/h5-7,9,15-16H,3-4,8H2,1-2H3. The topological polar surface area (TPSA) is 58.9 Å². The van der Waals surface area contributed by atoms with Crippen molar-refractivity contribution in [2.45, 2.75) is 26.6 Å². The van der Waals surface area contributed by atoms with Gasteiger partial charge in [-0.15, -0.1) is 0 Å². The molecule has 0 bridgehead atoms. The minimum atomic E-state index is -1.68. The van der Waals surface area contributed by atoms with E-state index in [4.69, 9.17) is 19.5 Å². The summed E-state index contributed by atoms with van der Waals surface area (Å²) in [5.41, 5.74) is 0.676. The Hall–Kier alpha value is -0.945. The monoisotopic (exact) mass is 256 g/mol. The Kier molecular flexibility index (Phi) is 6.28. The molecule has 6 heteroatoms. The highest BCUT2D eigenvalue weighted by Gasteiger charge is 2.13. The van der Waals surface area contributed by atoms with Crippen molar-refractivity contribution in [2.24, 2.45) is 0 Å². The average molecular weight is 256 g/mol. The van der Waals surface area contributed by atoms with Gasteiger partial charge in [-0.2, -0.15) is 0 Å². The summed E-state index contributed by atoms with van der Waals surface area (Å²) in [6.45, 7) is 4.95. The van der Waals surface area contributed by atoms with Crippen molar-refractivity contribution in [1.82, 2.24) is 0 Å². The Morgan fingerprint density at radius 1 is 1.22 bits per heavy atom. The fraction of sp³-hybridized carbons (Fsp3) is 0.500. The number of hydrogen-bond donors (Lipinski definition) is 2. The molecule has 0 fully saturated rings. The molecule has 18 heavy (non-hydrogen) atoms. The second kappa shape index (κ2) is 7.48. The quantitative estimate of drug-likeness (QED) is 0.549. The van der Waals surface area contributed by atoms with Gasteiger partial charge in [0.25, 0.3) is 0 Å². The van der Waals surface area contributed by atoms with Crippen LogP contribution in [0.4, 0.5) is 4.39 Å². The first-order chi connectivity index (χ1) is 8.49. The van der Waals surface area contributed by atoms with E-state index in [1.54, 1.807) is 0 Å². The minimum absolute atomic E-state index is 0.118. The Bertz CT molecular complexity index is 371. The highest BCUT2D eigenvalue weighted by molar-refractivity contribution is 6.58. The van der Waals surface area contributed by atoms with Crippen LogP contribution in [0.5, 0.6) is 0 Å². The lowest BCUT2D eigenvalue weighted by Gasteiger charge is -2.09. The molecule has 0 aliphatic heterocycles. The van der Waals surface area contributed by atoms with Crippen LogP contribution in [0.25, 0.3) is 0 Å². The Morgan fingerprint density at radius 3 is 2.56 bits per heavy atom. The van der Waals surface area contributed by atoms with Gasteiger partial charge in [-0.05, 0) is 37.0 Å². The van der Waals surface area contributed by atoms with Gasteiger partial charge >= 0.3 is 7.12 Å². The summed E-state index contributed by atoms with van der Waals surface area (Å²) in [5, 5.41) is 17.9. The van der Waals surface area contributed by atoms with Crippen LogP contribution in [0.15, 0.2) is 18.2 Å². The molecular weight excluding hydrogens is 238 g/mol. The molecule has 0 spiro atoms. The third kappa shape index (κ3) is 5.60. The van der Waals surface area contributed by atoms with Gasteiger partial charge in [-0.1, -0.05) is 6.07 Å². The van der Waals surface area contributed by atoms with Crippen molar-refractivity contribution in [3.05, 3.63) is 29.6 Å². The van der Waals surface area contributed by atoms with Crippen molar-refractivity contribution < 1.29 is 23.9 Å². The van der Waals surface area contributed by atoms with Crippen LogP contribution in [0.3, 0.4) is 0 Å². The van der Waals surface area contributed by atoms with Crippen LogP contribution in [-0.2, 0) is 16.1 Å². The molecule has 0 aromatic heterocycles. The van der Waals surface area contributed by atoms with Gasteiger partial charge in [-0.3, -0.25) is 0 Å². The molecule has 1 rings (SSSR count). The van der Waals surface area contributed by atoms with Crippen molar-refractivity contribution in [2.75, 3.05) is 13.2 Å². The first kappa shape index (κ1) is 15.1. The molecule has 1 aromatic carbocycles. The van der Waals surface area contributed by atoms with Crippen LogP contribution in [0.2, 0.25) is 0 Å². The number of halogens is 1. The third-order valence-corrected chi connectivity index (χ3v) is 2.23. The van der Waals surface area contributed by atoms with E-state index in [0.29, 0.717) is 18.8 Å². The van der Waals surface area contributed by atoms with Gasteiger partial charge in [-0.25, -0.2) is 4.39 Å². The number of ether oxygens (including phenoxy) is 2. The fourth-order valence-electron chi connectivity index (χ4n) is 1.44. The highest BCUT2D eigenvalue weighted by atomic mass is 19.1. The normalized spacial score (nSPS) is 11.0. The highest BCUT2D eigenvalue weighted by Crippen LogP contribution is 2.04. The Morgan fingerprint density at radius 2 is 1.94 bits per heavy atom. The summed E-state index contributed by atoms with van der Waals surface area (Å²) in [7, 11) is -1.68. The predicted octanol–water partition coefficient (Wildman–Crippen LogP) is 0.447. The van der Waals surface area contributed by atoms with Crippen molar-refractivity contribution in [1.29, 1.82) is 0 Å². The predicted molar refractivity (Wildman–Crippen MR) is 67.0 cm³/mol. The molecule has 0 heterocycles. The molecule has 0 amide bonds. The van der Waals surface area contributed by atoms with Crippen molar-refractivity contribution in [3.8, 4) is 0 Å². The second-order valence-corrected chi connectivity index (χ2v) is 4.24. The van der Waals surface area contributed by atoms with E-state index in [1.807, 2.05) is 13.8 Å². The SMILES string of the molecule is CC(C)OCCOCc1cc(F)cc(B(O)O)c1. The lowest BCUT2D eigenvalue weighted by Crippen LogP contribution is -2.30. The maximum Gasteiger partial charge on any atom is 0.488 e. The molecule has 0 aliphatic rings. The lowest BCUT2D eigenvalue weighted by molar-refractivity contribution is 0.0142. The summed E-state index contributed by atoms with van der Waals surface area (Å²) in [6.07, 6.45) is 0.152. The van der Waals surface area contributed by atoms with E-state index >= 15 is 0 Å². The van der Waals surface area contributed by atoms with E-state index < -0.39 is 12.9 Å². The van der Waals surface area contributed by atoms with Crippen LogP contribution in [0, 0.1) is 5.82 Å². The zero-order valence-electron chi connectivity index (χ0n) is 10.6. The molecule has 0 aliphatic carbocycles. The second-order valence-electron chi connectivity index (χ2n) is 4.24. The van der Waals surface area contributed by atoms with Crippen LogP contribution < -0.4 is 5.46 Å². The molecule has 1 aromatic rings. The van der Waals surface area contributed by atoms with E-state index in [9.17, 15) is 4.39 Å². The van der Waals surface area contributed by atoms with Gasteiger partial charge in [0.2, 0.25) is 0 Å². The summed E-state index contributed by atoms with van der Waals surface area (Å²) in [5.74, 6) is -0.516. The largest absolute Gasteiger partial charge is 0.488 e. The first-order valence-electron chi connectivity index (χ1n) is 5.84. The molecule has 0 saturated heterocycles. The number of rotatable bonds is 7. The van der Waals surface area contributed by atoms with Crippen LogP contribution >= 0.6 is 0 Å². The van der Waals surface area contributed by atoms with Crippen LogP contribution in [-0.4, -0.2) is 36.5 Å². The Labute approximate surface area is 106 Å². The van der Waals surface area contributed by atoms with Gasteiger partial charge in [0.05, 0.1) is 25.9 Å². The zero-order valence-corrected chi connectivity index (χ0v) is 10.6. The molecule has 0 saturated carbocycles. The fourth-order valence-corrected chi connectivity index (χ4v) is 1.44. The third-order valence-electron chi connectivity index (χ3n) is 2.23. The molecular formula is C12H18BFO4. The maximum atomic E-state index is 13.2. The molecule has 0 radical (unpaired) electrons. The summed E-state index contributed by atoms with van der Waals surface area (Å²) < 4.78 is 23.8. The molecule has 0 atom stereocenters. The molecule has 100 valence electrons. The minimum Gasteiger partial charge on any atom is -0.423 e. The number of hydrogen-bond acceptors (Lipinski definition) is 4. The van der Waals surface area contributed by atoms with E-state index in [-0.39, 0.29) is 18.2 Å². The maximum absolute atomic E-state index is 13.2. The average Bonchev–Trinajstić information content (AvgIpc) is 2.27. The smallest absolute Gasteiger partial charge is 0.423 e. The zero-order chi connectivity index (χ0) is 13.5. The summed E-state index contributed by atoms with van der Waals surface area (Å²) >= 11 is 0. The molecule has 0 unspecified atom stereocenters. The van der Waals surface area contributed by atoms with Gasteiger partial charge in [0, 0.05) is 0 Å². The molecule has 2 N–H and O–H groups in total. The summed E-state index contributed by atoms with van der Waals surface area (Å²) in [6, 6.07) is 3.88. The molecule has 4 nitrogen and oxygen atoms in total. The number of benzene rings is 1. The van der Waals surface area contributed by atoms with Crippen LogP contribution in [0.1, 0.15) is 19.4 Å². The van der Waals surface area contributed by atoms with Gasteiger partial charge in [0.1, 0.15) is 5.82 Å². The van der Waals surface area contributed by atoms with E-state index in [0.717, 1.165) is 6.07 Å².